The van der Waals surface area contributed by atoms with Crippen molar-refractivity contribution < 1.29 is 0 Å². The van der Waals surface area contributed by atoms with Crippen LogP contribution >= 0.6 is 11.6 Å². The molecule has 3 nitrogen and oxygen atoms in total. The minimum atomic E-state index is -0.252. The number of hydrogen-bond acceptors (Lipinski definition) is 2. The highest BCUT2D eigenvalue weighted by Crippen LogP contribution is 2.30. The van der Waals surface area contributed by atoms with E-state index in [4.69, 9.17) is 17.3 Å². The zero-order chi connectivity index (χ0) is 14.2. The van der Waals surface area contributed by atoms with Gasteiger partial charge < -0.3 is 5.73 Å². The van der Waals surface area contributed by atoms with Crippen LogP contribution in [0, 0.1) is 13.8 Å². The lowest BCUT2D eigenvalue weighted by Crippen LogP contribution is -2.20. The minimum Gasteiger partial charge on any atom is -0.319 e. The van der Waals surface area contributed by atoms with Crippen molar-refractivity contribution in [3.63, 3.8) is 0 Å². The van der Waals surface area contributed by atoms with Gasteiger partial charge in [-0.05, 0) is 38.8 Å². The molecule has 1 heterocycles. The molecule has 0 bridgehead atoms. The van der Waals surface area contributed by atoms with Gasteiger partial charge in [-0.3, -0.25) is 4.68 Å². The zero-order valence-electron chi connectivity index (χ0n) is 11.8. The molecule has 0 aliphatic rings. The van der Waals surface area contributed by atoms with E-state index in [1.807, 2.05) is 4.68 Å². The van der Waals surface area contributed by atoms with Crippen LogP contribution in [-0.2, 0) is 0 Å². The number of nitrogens with zero attached hydrogens (tertiary/aromatic N) is 2. The van der Waals surface area contributed by atoms with Gasteiger partial charge in [0.1, 0.15) is 0 Å². The summed E-state index contributed by atoms with van der Waals surface area (Å²) in [5.74, 6) is 0. The topological polar surface area (TPSA) is 43.8 Å². The van der Waals surface area contributed by atoms with Crippen LogP contribution in [-0.4, -0.2) is 9.78 Å². The van der Waals surface area contributed by atoms with E-state index in [1.165, 1.54) is 11.1 Å². The fourth-order valence-corrected chi connectivity index (χ4v) is 2.62. The monoisotopic (exact) mass is 277 g/mol. The fraction of sp³-hybridized carbons (Fsp3) is 0.400. The van der Waals surface area contributed by atoms with Crippen LogP contribution in [0.1, 0.15) is 48.3 Å². The molecule has 0 radical (unpaired) electrons. The molecule has 0 aliphatic carbocycles. The summed E-state index contributed by atoms with van der Waals surface area (Å²) in [6, 6.07) is 6.27. The van der Waals surface area contributed by atoms with Gasteiger partial charge in [0, 0.05) is 6.04 Å². The molecule has 0 saturated heterocycles. The first-order chi connectivity index (χ1) is 8.91. The lowest BCUT2D eigenvalue weighted by Gasteiger charge is -2.19. The average Bonchev–Trinajstić information content (AvgIpc) is 2.70. The Bertz CT molecular complexity index is 587. The summed E-state index contributed by atoms with van der Waals surface area (Å²) in [4.78, 5) is 0. The van der Waals surface area contributed by atoms with Crippen LogP contribution in [0.15, 0.2) is 24.4 Å². The number of benzene rings is 1. The first-order valence-corrected chi connectivity index (χ1v) is 6.85. The van der Waals surface area contributed by atoms with Crippen molar-refractivity contribution >= 4 is 11.6 Å². The predicted molar refractivity (Wildman–Crippen MR) is 79.6 cm³/mol. The molecule has 1 aromatic heterocycles. The van der Waals surface area contributed by atoms with Gasteiger partial charge in [-0.2, -0.15) is 5.10 Å². The Labute approximate surface area is 119 Å². The van der Waals surface area contributed by atoms with E-state index in [1.54, 1.807) is 6.20 Å². The third-order valence-electron chi connectivity index (χ3n) is 3.33. The smallest absolute Gasteiger partial charge is 0.0837 e. The van der Waals surface area contributed by atoms with Crippen LogP contribution in [0.5, 0.6) is 0 Å². The van der Waals surface area contributed by atoms with E-state index in [2.05, 4.69) is 51.0 Å². The normalized spacial score (nSPS) is 13.0. The van der Waals surface area contributed by atoms with E-state index >= 15 is 0 Å². The summed E-state index contributed by atoms with van der Waals surface area (Å²) in [7, 11) is 0. The molecule has 19 heavy (non-hydrogen) atoms. The third kappa shape index (κ3) is 2.67. The second-order valence-electron chi connectivity index (χ2n) is 5.25. The van der Waals surface area contributed by atoms with Crippen molar-refractivity contribution in [1.29, 1.82) is 0 Å². The number of halogens is 1. The van der Waals surface area contributed by atoms with Crippen molar-refractivity contribution in [3.8, 4) is 0 Å². The summed E-state index contributed by atoms with van der Waals surface area (Å²) in [6.45, 7) is 8.29. The molecule has 1 unspecified atom stereocenters. The van der Waals surface area contributed by atoms with E-state index in [0.717, 1.165) is 11.3 Å². The van der Waals surface area contributed by atoms with Crippen LogP contribution in [0.2, 0.25) is 5.02 Å². The Morgan fingerprint density at radius 2 is 1.95 bits per heavy atom. The molecular formula is C15H20ClN3. The maximum absolute atomic E-state index is 6.41. The Hall–Kier alpha value is -1.32. The van der Waals surface area contributed by atoms with Crippen molar-refractivity contribution in [2.24, 2.45) is 5.73 Å². The van der Waals surface area contributed by atoms with Gasteiger partial charge in [0.25, 0.3) is 0 Å². The Morgan fingerprint density at radius 3 is 2.53 bits per heavy atom. The largest absolute Gasteiger partial charge is 0.319 e. The van der Waals surface area contributed by atoms with Crippen LogP contribution in [0.25, 0.3) is 0 Å². The number of hydrogen-bond donors (Lipinski definition) is 1. The van der Waals surface area contributed by atoms with Gasteiger partial charge in [0.2, 0.25) is 0 Å². The quantitative estimate of drug-likeness (QED) is 0.928. The van der Waals surface area contributed by atoms with Crippen molar-refractivity contribution in [3.05, 3.63) is 51.8 Å². The van der Waals surface area contributed by atoms with Crippen molar-refractivity contribution in [2.75, 3.05) is 0 Å². The molecular weight excluding hydrogens is 258 g/mol. The Balaban J connectivity index is 2.49. The Morgan fingerprint density at radius 1 is 1.26 bits per heavy atom. The van der Waals surface area contributed by atoms with Gasteiger partial charge in [-0.1, -0.05) is 35.4 Å². The molecule has 0 fully saturated rings. The molecule has 2 N–H and O–H groups in total. The standard InChI is InChI=1S/C15H20ClN3/c1-9(2)19-15(13(16)8-18-19)14(17)12-6-5-10(3)7-11(12)4/h5-9,14H,17H2,1-4H3. The van der Waals surface area contributed by atoms with E-state index in [0.29, 0.717) is 5.02 Å². The van der Waals surface area contributed by atoms with Gasteiger partial charge >= 0.3 is 0 Å². The molecule has 1 aromatic carbocycles. The van der Waals surface area contributed by atoms with Crippen LogP contribution in [0.3, 0.4) is 0 Å². The van der Waals surface area contributed by atoms with Crippen molar-refractivity contribution in [1.82, 2.24) is 9.78 Å². The number of nitrogens with two attached hydrogens (primary N) is 1. The fourth-order valence-electron chi connectivity index (χ4n) is 2.38. The summed E-state index contributed by atoms with van der Waals surface area (Å²) in [5.41, 5.74) is 10.8. The number of aryl methyl sites for hydroxylation is 2. The summed E-state index contributed by atoms with van der Waals surface area (Å²) in [5, 5.41) is 4.94. The molecule has 102 valence electrons. The third-order valence-corrected chi connectivity index (χ3v) is 3.62. The Kier molecular flexibility index (Phi) is 3.97. The second kappa shape index (κ2) is 5.35. The van der Waals surface area contributed by atoms with Gasteiger partial charge in [-0.15, -0.1) is 0 Å². The average molecular weight is 278 g/mol. The van der Waals surface area contributed by atoms with Crippen molar-refractivity contribution in [2.45, 2.75) is 39.8 Å². The highest BCUT2D eigenvalue weighted by Gasteiger charge is 2.21. The first kappa shape index (κ1) is 14.1. The number of aromatic nitrogens is 2. The van der Waals surface area contributed by atoms with Gasteiger partial charge in [0.05, 0.1) is 23.0 Å². The molecule has 0 amide bonds. The lowest BCUT2D eigenvalue weighted by molar-refractivity contribution is 0.499. The summed E-state index contributed by atoms with van der Waals surface area (Å²) >= 11 is 6.25. The first-order valence-electron chi connectivity index (χ1n) is 6.47. The van der Waals surface area contributed by atoms with E-state index in [-0.39, 0.29) is 12.1 Å². The zero-order valence-corrected chi connectivity index (χ0v) is 12.6. The molecule has 2 aromatic rings. The molecule has 4 heteroatoms. The highest BCUT2D eigenvalue weighted by atomic mass is 35.5. The van der Waals surface area contributed by atoms with Crippen LogP contribution in [0.4, 0.5) is 0 Å². The summed E-state index contributed by atoms with van der Waals surface area (Å²) < 4.78 is 1.90. The molecule has 0 saturated carbocycles. The van der Waals surface area contributed by atoms with E-state index < -0.39 is 0 Å². The lowest BCUT2D eigenvalue weighted by atomic mass is 9.97. The second-order valence-corrected chi connectivity index (χ2v) is 5.66. The van der Waals surface area contributed by atoms with Gasteiger partial charge in [0.15, 0.2) is 0 Å². The van der Waals surface area contributed by atoms with E-state index in [9.17, 15) is 0 Å². The highest BCUT2D eigenvalue weighted by molar-refractivity contribution is 6.31. The number of rotatable bonds is 3. The minimum absolute atomic E-state index is 0.235. The molecule has 0 spiro atoms. The summed E-state index contributed by atoms with van der Waals surface area (Å²) in [6.07, 6.45) is 1.67. The molecule has 0 aliphatic heterocycles. The van der Waals surface area contributed by atoms with Crippen LogP contribution < -0.4 is 5.73 Å². The van der Waals surface area contributed by atoms with Gasteiger partial charge in [-0.25, -0.2) is 0 Å². The SMILES string of the molecule is Cc1ccc(C(N)c2c(Cl)cnn2C(C)C)c(C)c1. The predicted octanol–water partition coefficient (Wildman–Crippen LogP) is 3.78. The maximum Gasteiger partial charge on any atom is 0.0837 e. The molecule has 2 rings (SSSR count). The maximum atomic E-state index is 6.41. The molecule has 1 atom stereocenters.